The molecule has 0 N–H and O–H groups in total. The maximum Gasteiger partial charge on any atom is 0.177 e. The number of fused-ring (bicyclic) bond motifs is 1. The first-order valence-electron chi connectivity index (χ1n) is 12.3. The van der Waals surface area contributed by atoms with Crippen molar-refractivity contribution in [2.24, 2.45) is 16.8 Å². The van der Waals surface area contributed by atoms with E-state index in [4.69, 9.17) is 4.74 Å². The van der Waals surface area contributed by atoms with Crippen LogP contribution in [0.2, 0.25) is 0 Å². The summed E-state index contributed by atoms with van der Waals surface area (Å²) in [4.78, 5) is 17.6. The van der Waals surface area contributed by atoms with Gasteiger partial charge in [-0.05, 0) is 47.6 Å². The Bertz CT molecular complexity index is 960. The average molecular weight is 430 g/mol. The van der Waals surface area contributed by atoms with E-state index in [-0.39, 0.29) is 11.7 Å². The molecule has 168 valence electrons. The molecule has 1 aliphatic carbocycles. The summed E-state index contributed by atoms with van der Waals surface area (Å²) in [5.41, 5.74) is 4.22. The fraction of sp³-hybridized carbons (Fsp3) is 0.448. The highest BCUT2D eigenvalue weighted by atomic mass is 16.5. The molecule has 1 aliphatic heterocycles. The lowest BCUT2D eigenvalue weighted by atomic mass is 9.85. The molecule has 0 amide bonds. The Hall–Kier alpha value is -2.68. The minimum absolute atomic E-state index is 0.126. The van der Waals surface area contributed by atoms with Gasteiger partial charge in [0.05, 0.1) is 5.71 Å². The number of hydrogen-bond donors (Lipinski definition) is 0. The maximum absolute atomic E-state index is 13.0. The van der Waals surface area contributed by atoms with Crippen molar-refractivity contribution < 1.29 is 9.53 Å². The zero-order valence-electron chi connectivity index (χ0n) is 19.3. The van der Waals surface area contributed by atoms with E-state index in [0.29, 0.717) is 18.9 Å². The van der Waals surface area contributed by atoms with Gasteiger partial charge >= 0.3 is 0 Å². The van der Waals surface area contributed by atoms with Gasteiger partial charge in [-0.25, -0.2) is 0 Å². The van der Waals surface area contributed by atoms with Crippen LogP contribution in [0.1, 0.15) is 75.8 Å². The second kappa shape index (κ2) is 11.3. The number of rotatable bonds is 8. The third-order valence-corrected chi connectivity index (χ3v) is 6.85. The first-order valence-corrected chi connectivity index (χ1v) is 12.3. The number of ether oxygens (including phenoxy) is 1. The van der Waals surface area contributed by atoms with Gasteiger partial charge in [-0.3, -0.25) is 9.79 Å². The molecule has 3 heteroatoms. The van der Waals surface area contributed by atoms with Gasteiger partial charge in [-0.15, -0.1) is 0 Å². The first kappa shape index (κ1) is 22.5. The molecule has 0 bridgehead atoms. The topological polar surface area (TPSA) is 38.7 Å². The van der Waals surface area contributed by atoms with Crippen LogP contribution in [0, 0.1) is 11.8 Å². The van der Waals surface area contributed by atoms with Crippen LogP contribution < -0.4 is 4.74 Å². The third kappa shape index (κ3) is 5.76. The van der Waals surface area contributed by atoms with E-state index >= 15 is 0 Å². The van der Waals surface area contributed by atoms with Crippen molar-refractivity contribution >= 4 is 17.1 Å². The van der Waals surface area contributed by atoms with E-state index in [1.165, 1.54) is 37.7 Å². The van der Waals surface area contributed by atoms with Gasteiger partial charge < -0.3 is 4.74 Å². The zero-order chi connectivity index (χ0) is 22.2. The molecule has 3 nitrogen and oxygen atoms in total. The summed E-state index contributed by atoms with van der Waals surface area (Å²) < 4.78 is 6.04. The van der Waals surface area contributed by atoms with E-state index in [2.05, 4.69) is 36.2 Å². The van der Waals surface area contributed by atoms with Gasteiger partial charge in [-0.1, -0.05) is 87.9 Å². The number of ketones is 1. The molecule has 2 atom stereocenters. The Morgan fingerprint density at radius 1 is 1.00 bits per heavy atom. The zero-order valence-corrected chi connectivity index (χ0v) is 19.3. The summed E-state index contributed by atoms with van der Waals surface area (Å²) in [7, 11) is 0. The molecule has 0 aromatic heterocycles. The fourth-order valence-electron chi connectivity index (χ4n) is 5.00. The molecule has 1 fully saturated rings. The molecule has 32 heavy (non-hydrogen) atoms. The number of nitrogens with zero attached hydrogens (tertiary/aromatic N) is 1. The largest absolute Gasteiger partial charge is 0.489 e. The third-order valence-electron chi connectivity index (χ3n) is 6.85. The molecule has 2 aromatic rings. The molecule has 1 saturated carbocycles. The van der Waals surface area contributed by atoms with E-state index in [0.717, 1.165) is 41.9 Å². The summed E-state index contributed by atoms with van der Waals surface area (Å²) in [6.45, 7) is 2.80. The SMILES string of the molecule is CCCCCC1CCCC2C(c3cccc(OCc4ccccc4)c3)=CN=C2C(=O)CC1. The van der Waals surface area contributed by atoms with Crippen molar-refractivity contribution in [2.45, 2.75) is 71.3 Å². The van der Waals surface area contributed by atoms with E-state index in [9.17, 15) is 4.79 Å². The lowest BCUT2D eigenvalue weighted by Crippen LogP contribution is -2.22. The van der Waals surface area contributed by atoms with Crippen molar-refractivity contribution in [3.63, 3.8) is 0 Å². The van der Waals surface area contributed by atoms with E-state index in [1.54, 1.807) is 0 Å². The minimum Gasteiger partial charge on any atom is -0.489 e. The molecule has 2 aliphatic rings. The second-order valence-electron chi connectivity index (χ2n) is 9.21. The van der Waals surface area contributed by atoms with Crippen molar-refractivity contribution in [3.8, 4) is 5.75 Å². The van der Waals surface area contributed by atoms with Crippen LogP contribution in [0.3, 0.4) is 0 Å². The maximum atomic E-state index is 13.0. The molecular weight excluding hydrogens is 394 g/mol. The van der Waals surface area contributed by atoms with E-state index in [1.807, 2.05) is 36.5 Å². The predicted octanol–water partition coefficient (Wildman–Crippen LogP) is 7.41. The van der Waals surface area contributed by atoms with Gasteiger partial charge in [0.25, 0.3) is 0 Å². The number of allylic oxidation sites excluding steroid dienone is 1. The minimum atomic E-state index is 0.126. The molecule has 2 unspecified atom stereocenters. The summed E-state index contributed by atoms with van der Waals surface area (Å²) in [6.07, 6.45) is 12.1. The molecule has 1 heterocycles. The van der Waals surface area contributed by atoms with Gasteiger partial charge in [0.1, 0.15) is 12.4 Å². The average Bonchev–Trinajstić information content (AvgIpc) is 3.27. The second-order valence-corrected chi connectivity index (χ2v) is 9.21. The van der Waals surface area contributed by atoms with Crippen molar-refractivity contribution in [1.82, 2.24) is 0 Å². The van der Waals surface area contributed by atoms with Crippen molar-refractivity contribution in [1.29, 1.82) is 0 Å². The Labute approximate surface area is 192 Å². The number of carbonyl (C=O) groups excluding carboxylic acids is 1. The predicted molar refractivity (Wildman–Crippen MR) is 132 cm³/mol. The molecule has 0 radical (unpaired) electrons. The highest BCUT2D eigenvalue weighted by Crippen LogP contribution is 2.37. The molecule has 0 saturated heterocycles. The van der Waals surface area contributed by atoms with Gasteiger partial charge in [0.2, 0.25) is 0 Å². The van der Waals surface area contributed by atoms with Crippen molar-refractivity contribution in [3.05, 3.63) is 71.9 Å². The van der Waals surface area contributed by atoms with Gasteiger partial charge in [0.15, 0.2) is 5.78 Å². The van der Waals surface area contributed by atoms with Crippen LogP contribution in [0.5, 0.6) is 5.75 Å². The number of carbonyl (C=O) groups is 1. The summed E-state index contributed by atoms with van der Waals surface area (Å²) in [5, 5.41) is 0. The number of aliphatic imine (C=N–C) groups is 1. The molecule has 4 rings (SSSR count). The number of hydrogen-bond acceptors (Lipinski definition) is 3. The highest BCUT2D eigenvalue weighted by Gasteiger charge is 2.32. The Balaban J connectivity index is 1.42. The summed E-state index contributed by atoms with van der Waals surface area (Å²) in [6, 6.07) is 18.5. The van der Waals surface area contributed by atoms with Crippen LogP contribution in [0.15, 0.2) is 65.8 Å². The summed E-state index contributed by atoms with van der Waals surface area (Å²) >= 11 is 0. The lowest BCUT2D eigenvalue weighted by molar-refractivity contribution is -0.113. The van der Waals surface area contributed by atoms with Crippen LogP contribution in [0.25, 0.3) is 5.57 Å². The quantitative estimate of drug-likeness (QED) is 0.410. The van der Waals surface area contributed by atoms with Crippen molar-refractivity contribution in [2.75, 3.05) is 0 Å². The van der Waals surface area contributed by atoms with Gasteiger partial charge in [-0.2, -0.15) is 0 Å². The molecule has 0 spiro atoms. The lowest BCUT2D eigenvalue weighted by Gasteiger charge is -2.18. The Morgan fingerprint density at radius 2 is 1.88 bits per heavy atom. The van der Waals surface area contributed by atoms with Crippen LogP contribution >= 0.6 is 0 Å². The summed E-state index contributed by atoms with van der Waals surface area (Å²) in [5.74, 6) is 1.92. The Morgan fingerprint density at radius 3 is 2.72 bits per heavy atom. The standard InChI is InChI=1S/C29H35NO2/c1-2-3-5-10-22-13-8-16-26-27(20-30-29(26)28(31)18-17-22)24-14-9-15-25(19-24)32-21-23-11-6-4-7-12-23/h4,6-7,9,11-12,14-15,19-20,22,26H,2-3,5,8,10,13,16-18,21H2,1H3. The van der Waals surface area contributed by atoms with E-state index < -0.39 is 0 Å². The monoisotopic (exact) mass is 429 g/mol. The highest BCUT2D eigenvalue weighted by molar-refractivity contribution is 6.43. The van der Waals surface area contributed by atoms with Crippen LogP contribution in [0.4, 0.5) is 0 Å². The number of Topliss-reactive ketones (excluding diaryl/α,β-unsaturated/α-hetero) is 1. The smallest absolute Gasteiger partial charge is 0.177 e. The normalized spacial score (nSPS) is 21.1. The molecular formula is C29H35NO2. The van der Waals surface area contributed by atoms with Crippen LogP contribution in [-0.2, 0) is 11.4 Å². The Kier molecular flexibility index (Phi) is 7.92. The fourth-order valence-corrected chi connectivity index (χ4v) is 5.00. The first-order chi connectivity index (χ1) is 15.7. The number of benzene rings is 2. The number of unbranched alkanes of at least 4 members (excludes halogenated alkanes) is 2. The van der Waals surface area contributed by atoms with Crippen LogP contribution in [-0.4, -0.2) is 11.5 Å². The van der Waals surface area contributed by atoms with Gasteiger partial charge in [0, 0.05) is 18.5 Å². The molecule has 2 aromatic carbocycles.